The number of nitrogens with zero attached hydrogens (tertiary/aromatic N) is 2. The molecule has 2 aromatic carbocycles. The first-order valence-corrected chi connectivity index (χ1v) is 11.0. The molecule has 5 nitrogen and oxygen atoms in total. The van der Waals surface area contributed by atoms with E-state index in [9.17, 15) is 9.59 Å². The van der Waals surface area contributed by atoms with E-state index in [0.717, 1.165) is 49.4 Å². The maximum Gasteiger partial charge on any atom is 0.224 e. The molecule has 2 aliphatic rings. The third-order valence-electron chi connectivity index (χ3n) is 5.99. The molecular weight excluding hydrogens is 421 g/mol. The molecule has 2 amide bonds. The zero-order chi connectivity index (χ0) is 21.3. The highest BCUT2D eigenvalue weighted by Crippen LogP contribution is 2.48. The molecule has 158 valence electrons. The molecule has 1 aliphatic carbocycles. The summed E-state index contributed by atoms with van der Waals surface area (Å²) in [5.74, 6) is 0.434. The van der Waals surface area contributed by atoms with Gasteiger partial charge in [0.05, 0.1) is 10.0 Å². The first kappa shape index (κ1) is 21.0. The van der Waals surface area contributed by atoms with Crippen LogP contribution in [0.2, 0.25) is 10.0 Å². The summed E-state index contributed by atoms with van der Waals surface area (Å²) < 4.78 is 0. The van der Waals surface area contributed by atoms with Crippen LogP contribution in [-0.2, 0) is 16.1 Å². The third-order valence-corrected chi connectivity index (χ3v) is 6.73. The van der Waals surface area contributed by atoms with E-state index in [2.05, 4.69) is 34.5 Å². The number of amides is 2. The van der Waals surface area contributed by atoms with Crippen molar-refractivity contribution >= 4 is 40.7 Å². The lowest BCUT2D eigenvalue weighted by Crippen LogP contribution is -2.48. The minimum absolute atomic E-state index is 0.000845. The number of piperazine rings is 1. The van der Waals surface area contributed by atoms with Crippen molar-refractivity contribution in [1.82, 2.24) is 10.2 Å². The standard InChI is InChI=1S/C23H25Cl2N3O2/c1-15(29)27-8-10-28(11-9-27)18-5-2-16(3-6-18)14-26-23(30)20-13-19(20)17-4-7-21(24)22(25)12-17/h2-7,12,19-20H,8-11,13-14H2,1H3,(H,26,30)/t19-,20-/m1/s1. The van der Waals surface area contributed by atoms with Crippen molar-refractivity contribution in [2.24, 2.45) is 5.92 Å². The van der Waals surface area contributed by atoms with E-state index >= 15 is 0 Å². The van der Waals surface area contributed by atoms with Crippen LogP contribution in [0.5, 0.6) is 0 Å². The molecule has 2 atom stereocenters. The molecule has 1 N–H and O–H groups in total. The second kappa shape index (κ2) is 8.86. The van der Waals surface area contributed by atoms with Crippen LogP contribution in [-0.4, -0.2) is 42.9 Å². The van der Waals surface area contributed by atoms with E-state index in [0.29, 0.717) is 16.6 Å². The predicted molar refractivity (Wildman–Crippen MR) is 120 cm³/mol. The van der Waals surface area contributed by atoms with Gasteiger partial charge in [0.15, 0.2) is 0 Å². The largest absolute Gasteiger partial charge is 0.368 e. The Labute approximate surface area is 186 Å². The fraction of sp³-hybridized carbons (Fsp3) is 0.391. The van der Waals surface area contributed by atoms with Crippen molar-refractivity contribution in [3.8, 4) is 0 Å². The second-order valence-corrected chi connectivity index (χ2v) is 8.81. The van der Waals surface area contributed by atoms with Gasteiger partial charge in [0.25, 0.3) is 0 Å². The third kappa shape index (κ3) is 4.73. The highest BCUT2D eigenvalue weighted by Gasteiger charge is 2.43. The molecule has 4 rings (SSSR count). The summed E-state index contributed by atoms with van der Waals surface area (Å²) in [4.78, 5) is 28.1. The first-order valence-electron chi connectivity index (χ1n) is 10.2. The van der Waals surface area contributed by atoms with Crippen molar-refractivity contribution in [3.63, 3.8) is 0 Å². The van der Waals surface area contributed by atoms with Gasteiger partial charge in [-0.2, -0.15) is 0 Å². The van der Waals surface area contributed by atoms with E-state index in [1.807, 2.05) is 17.0 Å². The van der Waals surface area contributed by atoms with E-state index in [4.69, 9.17) is 23.2 Å². The molecule has 0 bridgehead atoms. The summed E-state index contributed by atoms with van der Waals surface area (Å²) in [6, 6.07) is 13.9. The van der Waals surface area contributed by atoms with E-state index in [1.165, 1.54) is 0 Å². The lowest BCUT2D eigenvalue weighted by atomic mass is 10.1. The monoisotopic (exact) mass is 445 g/mol. The number of carbonyl (C=O) groups excluding carboxylic acids is 2. The lowest BCUT2D eigenvalue weighted by molar-refractivity contribution is -0.129. The topological polar surface area (TPSA) is 52.7 Å². The molecule has 0 spiro atoms. The van der Waals surface area contributed by atoms with Crippen LogP contribution in [0.1, 0.15) is 30.4 Å². The number of benzene rings is 2. The minimum atomic E-state index is -0.000845. The van der Waals surface area contributed by atoms with Gasteiger partial charge >= 0.3 is 0 Å². The Morgan fingerprint density at radius 2 is 1.70 bits per heavy atom. The average molecular weight is 446 g/mol. The number of nitrogens with one attached hydrogen (secondary N) is 1. The Morgan fingerprint density at radius 1 is 1.00 bits per heavy atom. The average Bonchev–Trinajstić information content (AvgIpc) is 3.55. The molecule has 2 aromatic rings. The molecule has 0 radical (unpaired) electrons. The molecule has 0 unspecified atom stereocenters. The number of halogens is 2. The van der Waals surface area contributed by atoms with Gasteiger partial charge in [0.2, 0.25) is 11.8 Å². The Hall–Kier alpha value is -2.24. The zero-order valence-corrected chi connectivity index (χ0v) is 18.4. The van der Waals surface area contributed by atoms with Crippen molar-refractivity contribution in [2.45, 2.75) is 25.8 Å². The number of hydrogen-bond donors (Lipinski definition) is 1. The maximum atomic E-state index is 12.5. The molecule has 1 saturated heterocycles. The van der Waals surface area contributed by atoms with Crippen molar-refractivity contribution in [3.05, 3.63) is 63.6 Å². The predicted octanol–water partition coefficient (Wildman–Crippen LogP) is 4.08. The van der Waals surface area contributed by atoms with Crippen LogP contribution in [0.15, 0.2) is 42.5 Å². The number of hydrogen-bond acceptors (Lipinski definition) is 3. The summed E-state index contributed by atoms with van der Waals surface area (Å²) in [6.45, 7) is 5.33. The molecule has 1 heterocycles. The fourth-order valence-corrected chi connectivity index (χ4v) is 4.33. The van der Waals surface area contributed by atoms with Crippen LogP contribution < -0.4 is 10.2 Å². The van der Waals surface area contributed by atoms with Crippen molar-refractivity contribution in [1.29, 1.82) is 0 Å². The van der Waals surface area contributed by atoms with Crippen LogP contribution in [0.3, 0.4) is 0 Å². The molecule has 1 saturated carbocycles. The van der Waals surface area contributed by atoms with Crippen LogP contribution >= 0.6 is 23.2 Å². The summed E-state index contributed by atoms with van der Waals surface area (Å²) in [5, 5.41) is 4.11. The normalized spacial score (nSPS) is 20.8. The molecular formula is C23H25Cl2N3O2. The zero-order valence-electron chi connectivity index (χ0n) is 16.9. The van der Waals surface area contributed by atoms with Crippen molar-refractivity contribution in [2.75, 3.05) is 31.1 Å². The van der Waals surface area contributed by atoms with Crippen LogP contribution in [0.4, 0.5) is 5.69 Å². The number of anilines is 1. The van der Waals surface area contributed by atoms with Gasteiger partial charge in [-0.15, -0.1) is 0 Å². The van der Waals surface area contributed by atoms with Gasteiger partial charge in [-0.25, -0.2) is 0 Å². The lowest BCUT2D eigenvalue weighted by Gasteiger charge is -2.35. The van der Waals surface area contributed by atoms with Crippen LogP contribution in [0, 0.1) is 5.92 Å². The van der Waals surface area contributed by atoms with Gasteiger partial charge in [0, 0.05) is 51.3 Å². The van der Waals surface area contributed by atoms with Crippen LogP contribution in [0.25, 0.3) is 0 Å². The SMILES string of the molecule is CC(=O)N1CCN(c2ccc(CNC(=O)[C@@H]3C[C@@H]3c3ccc(Cl)c(Cl)c3)cc2)CC1. The molecule has 0 aromatic heterocycles. The van der Waals surface area contributed by atoms with E-state index < -0.39 is 0 Å². The van der Waals surface area contributed by atoms with E-state index in [-0.39, 0.29) is 23.7 Å². The van der Waals surface area contributed by atoms with Gasteiger partial charge in [-0.1, -0.05) is 41.4 Å². The second-order valence-electron chi connectivity index (χ2n) is 8.00. The Kier molecular flexibility index (Phi) is 6.21. The number of rotatable bonds is 5. The highest BCUT2D eigenvalue weighted by molar-refractivity contribution is 6.42. The van der Waals surface area contributed by atoms with Gasteiger partial charge in [-0.05, 0) is 47.7 Å². The highest BCUT2D eigenvalue weighted by atomic mass is 35.5. The summed E-state index contributed by atoms with van der Waals surface area (Å²) in [5.41, 5.74) is 3.29. The molecule has 1 aliphatic heterocycles. The molecule has 2 fully saturated rings. The fourth-order valence-electron chi connectivity index (χ4n) is 4.02. The molecule has 7 heteroatoms. The van der Waals surface area contributed by atoms with Gasteiger partial charge in [-0.3, -0.25) is 9.59 Å². The number of carbonyl (C=O) groups is 2. The van der Waals surface area contributed by atoms with Gasteiger partial charge < -0.3 is 15.1 Å². The smallest absolute Gasteiger partial charge is 0.224 e. The minimum Gasteiger partial charge on any atom is -0.368 e. The van der Waals surface area contributed by atoms with E-state index in [1.54, 1.807) is 13.0 Å². The molecule has 30 heavy (non-hydrogen) atoms. The Bertz CT molecular complexity index is 940. The maximum absolute atomic E-state index is 12.5. The van der Waals surface area contributed by atoms with Crippen molar-refractivity contribution < 1.29 is 9.59 Å². The Morgan fingerprint density at radius 3 is 2.33 bits per heavy atom. The Balaban J connectivity index is 1.26. The quantitative estimate of drug-likeness (QED) is 0.753. The van der Waals surface area contributed by atoms with Gasteiger partial charge in [0.1, 0.15) is 0 Å². The summed E-state index contributed by atoms with van der Waals surface area (Å²) in [6.07, 6.45) is 0.842. The first-order chi connectivity index (χ1) is 14.4. The summed E-state index contributed by atoms with van der Waals surface area (Å²) in [7, 11) is 0. The summed E-state index contributed by atoms with van der Waals surface area (Å²) >= 11 is 12.1.